The van der Waals surface area contributed by atoms with E-state index < -0.39 is 0 Å². The summed E-state index contributed by atoms with van der Waals surface area (Å²) in [7, 11) is 0. The van der Waals surface area contributed by atoms with E-state index in [2.05, 4.69) is 53.8 Å². The van der Waals surface area contributed by atoms with Crippen molar-refractivity contribution >= 4 is 22.6 Å². The average Bonchev–Trinajstić information content (AvgIpc) is 2.29. The van der Waals surface area contributed by atoms with Gasteiger partial charge < -0.3 is 5.11 Å². The summed E-state index contributed by atoms with van der Waals surface area (Å²) in [6.45, 7) is 2.30. The Hall–Kier alpha value is -0.0900. The van der Waals surface area contributed by atoms with E-state index >= 15 is 0 Å². The van der Waals surface area contributed by atoms with Gasteiger partial charge in [-0.25, -0.2) is 0 Å². The zero-order chi connectivity index (χ0) is 11.5. The van der Waals surface area contributed by atoms with E-state index in [0.717, 1.165) is 11.5 Å². The van der Waals surface area contributed by atoms with Crippen LogP contribution >= 0.6 is 22.6 Å². The monoisotopic (exact) mass is 330 g/mol. The standard InChI is InChI=1S/C14H19IO/c1-10-3-2-4-12(9-10)14(16)11-5-7-13(15)8-6-11/h5-8,10,12,14,16H,2-4,9H2,1H3. The largest absolute Gasteiger partial charge is 0.388 e. The van der Waals surface area contributed by atoms with Crippen molar-refractivity contribution in [1.82, 2.24) is 0 Å². The van der Waals surface area contributed by atoms with Gasteiger partial charge in [0.15, 0.2) is 0 Å². The number of hydrogen-bond acceptors (Lipinski definition) is 1. The van der Waals surface area contributed by atoms with Crippen LogP contribution < -0.4 is 0 Å². The molecular formula is C14H19IO. The van der Waals surface area contributed by atoms with E-state index in [4.69, 9.17) is 0 Å². The molecule has 1 fully saturated rings. The topological polar surface area (TPSA) is 20.2 Å². The molecule has 0 bridgehead atoms. The van der Waals surface area contributed by atoms with Crippen LogP contribution in [0.15, 0.2) is 24.3 Å². The molecule has 0 aromatic heterocycles. The molecule has 0 aliphatic heterocycles. The molecule has 0 saturated heterocycles. The quantitative estimate of drug-likeness (QED) is 0.808. The molecule has 1 aliphatic carbocycles. The molecule has 3 unspecified atom stereocenters. The smallest absolute Gasteiger partial charge is 0.0818 e. The van der Waals surface area contributed by atoms with Crippen LogP contribution in [0.3, 0.4) is 0 Å². The molecule has 3 atom stereocenters. The lowest BCUT2D eigenvalue weighted by Gasteiger charge is -2.30. The van der Waals surface area contributed by atoms with E-state index in [1.54, 1.807) is 0 Å². The first kappa shape index (κ1) is 12.4. The SMILES string of the molecule is CC1CCCC(C(O)c2ccc(I)cc2)C1. The highest BCUT2D eigenvalue weighted by Crippen LogP contribution is 2.36. The molecule has 0 radical (unpaired) electrons. The van der Waals surface area contributed by atoms with Gasteiger partial charge in [-0.05, 0) is 65.0 Å². The Morgan fingerprint density at radius 3 is 2.56 bits per heavy atom. The van der Waals surface area contributed by atoms with Gasteiger partial charge in [0.25, 0.3) is 0 Å². The molecule has 0 spiro atoms. The lowest BCUT2D eigenvalue weighted by molar-refractivity contribution is 0.0714. The van der Waals surface area contributed by atoms with Crippen molar-refractivity contribution in [3.05, 3.63) is 33.4 Å². The fraction of sp³-hybridized carbons (Fsp3) is 0.571. The number of aliphatic hydroxyl groups excluding tert-OH is 1. The Labute approximate surface area is 111 Å². The van der Waals surface area contributed by atoms with Crippen LogP contribution in [0.4, 0.5) is 0 Å². The molecule has 1 aromatic rings. The van der Waals surface area contributed by atoms with Crippen LogP contribution in [-0.4, -0.2) is 5.11 Å². The Kier molecular flexibility index (Phi) is 4.25. The van der Waals surface area contributed by atoms with Crippen molar-refractivity contribution in [1.29, 1.82) is 0 Å². The van der Waals surface area contributed by atoms with Crippen LogP contribution in [0.25, 0.3) is 0 Å². The first-order valence-corrected chi connectivity index (χ1v) is 7.18. The predicted molar refractivity (Wildman–Crippen MR) is 75.2 cm³/mol. The fourth-order valence-corrected chi connectivity index (χ4v) is 3.06. The van der Waals surface area contributed by atoms with Gasteiger partial charge in [-0.15, -0.1) is 0 Å². The molecule has 2 rings (SSSR count). The van der Waals surface area contributed by atoms with Crippen LogP contribution in [0.5, 0.6) is 0 Å². The molecule has 1 aliphatic rings. The fourth-order valence-electron chi connectivity index (χ4n) is 2.70. The maximum atomic E-state index is 10.4. The van der Waals surface area contributed by atoms with Crippen molar-refractivity contribution in [3.8, 4) is 0 Å². The second-order valence-corrected chi connectivity index (χ2v) is 6.27. The third kappa shape index (κ3) is 2.98. The van der Waals surface area contributed by atoms with Crippen molar-refractivity contribution < 1.29 is 5.11 Å². The summed E-state index contributed by atoms with van der Waals surface area (Å²) in [5.74, 6) is 1.24. The van der Waals surface area contributed by atoms with Crippen molar-refractivity contribution in [2.24, 2.45) is 11.8 Å². The minimum Gasteiger partial charge on any atom is -0.388 e. The van der Waals surface area contributed by atoms with E-state index in [9.17, 15) is 5.11 Å². The average molecular weight is 330 g/mol. The molecule has 88 valence electrons. The van der Waals surface area contributed by atoms with E-state index in [-0.39, 0.29) is 6.10 Å². The normalized spacial score (nSPS) is 27.7. The van der Waals surface area contributed by atoms with Gasteiger partial charge in [-0.2, -0.15) is 0 Å². The zero-order valence-electron chi connectivity index (χ0n) is 9.70. The third-order valence-corrected chi connectivity index (χ3v) is 4.35. The predicted octanol–water partition coefficient (Wildman–Crippen LogP) is 4.15. The van der Waals surface area contributed by atoms with Gasteiger partial charge in [-0.3, -0.25) is 0 Å². The Bertz CT molecular complexity index is 333. The maximum absolute atomic E-state index is 10.4. The highest BCUT2D eigenvalue weighted by Gasteiger charge is 2.26. The second kappa shape index (κ2) is 5.50. The summed E-state index contributed by atoms with van der Waals surface area (Å²) in [6.07, 6.45) is 4.69. The Morgan fingerprint density at radius 1 is 1.25 bits per heavy atom. The van der Waals surface area contributed by atoms with E-state index in [1.165, 1.54) is 29.3 Å². The maximum Gasteiger partial charge on any atom is 0.0818 e. The van der Waals surface area contributed by atoms with Gasteiger partial charge in [0, 0.05) is 3.57 Å². The van der Waals surface area contributed by atoms with Crippen LogP contribution in [0.1, 0.15) is 44.3 Å². The molecule has 0 amide bonds. The molecule has 1 aromatic carbocycles. The molecule has 0 heterocycles. The Morgan fingerprint density at radius 2 is 1.94 bits per heavy atom. The number of halogens is 1. The molecule has 1 N–H and O–H groups in total. The number of rotatable bonds is 2. The first-order chi connectivity index (χ1) is 7.66. The molecule has 2 heteroatoms. The summed E-state index contributed by atoms with van der Waals surface area (Å²) in [4.78, 5) is 0. The van der Waals surface area contributed by atoms with Gasteiger partial charge in [0.05, 0.1) is 6.10 Å². The summed E-state index contributed by atoms with van der Waals surface area (Å²) in [5, 5.41) is 10.4. The van der Waals surface area contributed by atoms with Crippen molar-refractivity contribution in [3.63, 3.8) is 0 Å². The Balaban J connectivity index is 2.06. The highest BCUT2D eigenvalue weighted by molar-refractivity contribution is 14.1. The van der Waals surface area contributed by atoms with Gasteiger partial charge >= 0.3 is 0 Å². The van der Waals surface area contributed by atoms with E-state index in [1.807, 2.05) is 0 Å². The highest BCUT2D eigenvalue weighted by atomic mass is 127. The summed E-state index contributed by atoms with van der Waals surface area (Å²) in [6, 6.07) is 8.27. The van der Waals surface area contributed by atoms with Crippen LogP contribution in [0.2, 0.25) is 0 Å². The van der Waals surface area contributed by atoms with Gasteiger partial charge in [-0.1, -0.05) is 31.9 Å². The minimum atomic E-state index is -0.264. The van der Waals surface area contributed by atoms with Crippen LogP contribution in [-0.2, 0) is 0 Å². The molecular weight excluding hydrogens is 311 g/mol. The lowest BCUT2D eigenvalue weighted by Crippen LogP contribution is -2.20. The number of benzene rings is 1. The first-order valence-electron chi connectivity index (χ1n) is 6.10. The van der Waals surface area contributed by atoms with Crippen molar-refractivity contribution in [2.75, 3.05) is 0 Å². The second-order valence-electron chi connectivity index (χ2n) is 5.03. The minimum absolute atomic E-state index is 0.264. The van der Waals surface area contributed by atoms with Gasteiger partial charge in [0.1, 0.15) is 0 Å². The third-order valence-electron chi connectivity index (χ3n) is 3.64. The number of aliphatic hydroxyl groups is 1. The summed E-state index contributed by atoms with van der Waals surface area (Å²) >= 11 is 2.30. The molecule has 1 nitrogen and oxygen atoms in total. The molecule has 1 saturated carbocycles. The zero-order valence-corrected chi connectivity index (χ0v) is 11.9. The summed E-state index contributed by atoms with van der Waals surface area (Å²) < 4.78 is 1.23. The van der Waals surface area contributed by atoms with E-state index in [0.29, 0.717) is 5.92 Å². The van der Waals surface area contributed by atoms with Crippen LogP contribution in [0, 0.1) is 15.4 Å². The van der Waals surface area contributed by atoms with Gasteiger partial charge in [0.2, 0.25) is 0 Å². The van der Waals surface area contributed by atoms with Crippen molar-refractivity contribution in [2.45, 2.75) is 38.7 Å². The summed E-state index contributed by atoms with van der Waals surface area (Å²) in [5.41, 5.74) is 1.08. The molecule has 16 heavy (non-hydrogen) atoms. The number of hydrogen-bond donors (Lipinski definition) is 1. The lowest BCUT2D eigenvalue weighted by atomic mass is 9.78.